The van der Waals surface area contributed by atoms with E-state index in [9.17, 15) is 9.59 Å². The lowest BCUT2D eigenvalue weighted by molar-refractivity contribution is -0.151. The lowest BCUT2D eigenvalue weighted by atomic mass is 9.82. The Labute approximate surface area is 101 Å². The van der Waals surface area contributed by atoms with Crippen LogP contribution in [0.25, 0.3) is 0 Å². The number of nitrogens with one attached hydrogen (secondary N) is 1. The van der Waals surface area contributed by atoms with Crippen molar-refractivity contribution in [3.63, 3.8) is 0 Å². The molecule has 0 bridgehead atoms. The number of rotatable bonds is 4. The third-order valence-electron chi connectivity index (χ3n) is 3.14. The highest BCUT2D eigenvalue weighted by Gasteiger charge is 2.46. The quantitative estimate of drug-likeness (QED) is 0.571. The predicted molar refractivity (Wildman–Crippen MR) is 63.4 cm³/mol. The van der Waals surface area contributed by atoms with E-state index in [1.807, 2.05) is 6.92 Å². The molecule has 0 unspecified atom stereocenters. The zero-order chi connectivity index (χ0) is 12.9. The SMILES string of the molecule is CCOC(=O)[C@@]1(CC)CCC/C1=N/NC(N)=O. The molecule has 2 amide bonds. The third kappa shape index (κ3) is 2.75. The Balaban J connectivity index is 2.92. The highest BCUT2D eigenvalue weighted by molar-refractivity contribution is 6.08. The van der Waals surface area contributed by atoms with Gasteiger partial charge in [0.1, 0.15) is 5.41 Å². The van der Waals surface area contributed by atoms with Crippen LogP contribution in [0.4, 0.5) is 4.79 Å². The van der Waals surface area contributed by atoms with Crippen molar-refractivity contribution in [2.75, 3.05) is 6.61 Å². The Hall–Kier alpha value is -1.59. The van der Waals surface area contributed by atoms with Crippen LogP contribution in [0.2, 0.25) is 0 Å². The van der Waals surface area contributed by atoms with E-state index >= 15 is 0 Å². The fourth-order valence-electron chi connectivity index (χ4n) is 2.24. The lowest BCUT2D eigenvalue weighted by Crippen LogP contribution is -2.38. The number of carbonyl (C=O) groups excluding carboxylic acids is 2. The number of hydrogen-bond donors (Lipinski definition) is 2. The van der Waals surface area contributed by atoms with Crippen molar-refractivity contribution in [2.24, 2.45) is 16.3 Å². The summed E-state index contributed by atoms with van der Waals surface area (Å²) in [6.45, 7) is 4.04. The van der Waals surface area contributed by atoms with Gasteiger partial charge in [-0.3, -0.25) is 4.79 Å². The van der Waals surface area contributed by atoms with E-state index in [4.69, 9.17) is 10.5 Å². The van der Waals surface area contributed by atoms with E-state index < -0.39 is 11.4 Å². The molecule has 0 aliphatic heterocycles. The van der Waals surface area contributed by atoms with Crippen molar-refractivity contribution in [3.8, 4) is 0 Å². The number of urea groups is 1. The molecule has 0 saturated heterocycles. The molecule has 6 heteroatoms. The van der Waals surface area contributed by atoms with E-state index in [1.54, 1.807) is 6.92 Å². The average molecular weight is 241 g/mol. The van der Waals surface area contributed by atoms with Crippen molar-refractivity contribution in [1.29, 1.82) is 0 Å². The van der Waals surface area contributed by atoms with Crippen molar-refractivity contribution in [3.05, 3.63) is 0 Å². The highest BCUT2D eigenvalue weighted by Crippen LogP contribution is 2.39. The molecule has 0 spiro atoms. The molecule has 1 aliphatic carbocycles. The number of hydrogen-bond acceptors (Lipinski definition) is 4. The molecule has 3 N–H and O–H groups in total. The number of nitrogens with two attached hydrogens (primary N) is 1. The van der Waals surface area contributed by atoms with Crippen LogP contribution >= 0.6 is 0 Å². The van der Waals surface area contributed by atoms with E-state index in [0.29, 0.717) is 31.6 Å². The van der Waals surface area contributed by atoms with E-state index in [0.717, 1.165) is 6.42 Å². The van der Waals surface area contributed by atoms with Crippen molar-refractivity contribution >= 4 is 17.7 Å². The number of ether oxygens (including phenoxy) is 1. The van der Waals surface area contributed by atoms with Gasteiger partial charge in [0.15, 0.2) is 0 Å². The van der Waals surface area contributed by atoms with Crippen LogP contribution in [0.5, 0.6) is 0 Å². The van der Waals surface area contributed by atoms with Crippen molar-refractivity contribution in [1.82, 2.24) is 5.43 Å². The summed E-state index contributed by atoms with van der Waals surface area (Å²) in [5, 5.41) is 3.94. The van der Waals surface area contributed by atoms with Gasteiger partial charge in [0.25, 0.3) is 0 Å². The molecule has 1 saturated carbocycles. The maximum absolute atomic E-state index is 12.0. The predicted octanol–water partition coefficient (Wildman–Crippen LogP) is 1.15. The number of amides is 2. The van der Waals surface area contributed by atoms with Crippen LogP contribution in [0.15, 0.2) is 5.10 Å². The molecule has 1 fully saturated rings. The molecule has 6 nitrogen and oxygen atoms in total. The molecule has 0 heterocycles. The Morgan fingerprint density at radius 3 is 2.76 bits per heavy atom. The van der Waals surface area contributed by atoms with Crippen LogP contribution in [-0.2, 0) is 9.53 Å². The van der Waals surface area contributed by atoms with Gasteiger partial charge in [-0.2, -0.15) is 5.10 Å². The summed E-state index contributed by atoms with van der Waals surface area (Å²) in [5.74, 6) is -0.259. The minimum atomic E-state index is -0.724. The normalized spacial score (nSPS) is 25.9. The van der Waals surface area contributed by atoms with Crippen molar-refractivity contribution in [2.45, 2.75) is 39.5 Å². The Morgan fingerprint density at radius 2 is 2.24 bits per heavy atom. The second-order valence-electron chi connectivity index (χ2n) is 4.04. The Bertz CT molecular complexity index is 341. The van der Waals surface area contributed by atoms with Crippen LogP contribution in [-0.4, -0.2) is 24.3 Å². The minimum absolute atomic E-state index is 0.259. The average Bonchev–Trinajstić information content (AvgIpc) is 2.70. The molecule has 0 aromatic heterocycles. The molecule has 1 aliphatic rings. The van der Waals surface area contributed by atoms with E-state index in [2.05, 4.69) is 10.5 Å². The maximum Gasteiger partial charge on any atom is 0.332 e. The second kappa shape index (κ2) is 5.65. The number of hydrazone groups is 1. The van der Waals surface area contributed by atoms with Crippen LogP contribution < -0.4 is 11.2 Å². The molecule has 1 rings (SSSR count). The summed E-state index contributed by atoms with van der Waals surface area (Å²) in [6, 6.07) is -0.724. The minimum Gasteiger partial charge on any atom is -0.465 e. The van der Waals surface area contributed by atoms with E-state index in [1.165, 1.54) is 0 Å². The molecular formula is C11H19N3O3. The number of carbonyl (C=O) groups is 2. The Morgan fingerprint density at radius 1 is 1.53 bits per heavy atom. The molecule has 0 radical (unpaired) electrons. The summed E-state index contributed by atoms with van der Waals surface area (Å²) in [6.07, 6.45) is 2.88. The van der Waals surface area contributed by atoms with Gasteiger partial charge in [0.2, 0.25) is 0 Å². The fourth-order valence-corrected chi connectivity index (χ4v) is 2.24. The number of primary amides is 1. The maximum atomic E-state index is 12.0. The van der Waals surface area contributed by atoms with Gasteiger partial charge in [0.05, 0.1) is 12.3 Å². The first-order chi connectivity index (χ1) is 8.06. The van der Waals surface area contributed by atoms with Crippen LogP contribution in [0.3, 0.4) is 0 Å². The van der Waals surface area contributed by atoms with Gasteiger partial charge >= 0.3 is 12.0 Å². The first-order valence-electron chi connectivity index (χ1n) is 5.86. The zero-order valence-corrected chi connectivity index (χ0v) is 10.3. The van der Waals surface area contributed by atoms with Gasteiger partial charge in [-0.05, 0) is 32.6 Å². The molecule has 0 aromatic rings. The van der Waals surface area contributed by atoms with Crippen molar-refractivity contribution < 1.29 is 14.3 Å². The second-order valence-corrected chi connectivity index (χ2v) is 4.04. The summed E-state index contributed by atoms with van der Waals surface area (Å²) < 4.78 is 5.09. The van der Waals surface area contributed by atoms with Gasteiger partial charge < -0.3 is 10.5 Å². The first kappa shape index (κ1) is 13.5. The molecule has 0 aromatic carbocycles. The van der Waals surface area contributed by atoms with Gasteiger partial charge in [0, 0.05) is 0 Å². The standard InChI is InChI=1S/C11H19N3O3/c1-3-11(9(15)17-4-2)7-5-6-8(11)13-14-10(12)16/h3-7H2,1-2H3,(H3,12,14,16)/b13-8-/t11-/m0/s1. The fraction of sp³-hybridized carbons (Fsp3) is 0.727. The zero-order valence-electron chi connectivity index (χ0n) is 10.3. The smallest absolute Gasteiger partial charge is 0.332 e. The summed E-state index contributed by atoms with van der Waals surface area (Å²) >= 11 is 0. The molecule has 96 valence electrons. The van der Waals surface area contributed by atoms with Crippen LogP contribution in [0, 0.1) is 5.41 Å². The summed E-state index contributed by atoms with van der Waals surface area (Å²) in [5.41, 5.74) is 7.14. The highest BCUT2D eigenvalue weighted by atomic mass is 16.5. The van der Waals surface area contributed by atoms with Gasteiger partial charge in [-0.1, -0.05) is 6.92 Å². The van der Waals surface area contributed by atoms with E-state index in [-0.39, 0.29) is 5.97 Å². The lowest BCUT2D eigenvalue weighted by Gasteiger charge is -2.25. The topological polar surface area (TPSA) is 93.8 Å². The van der Waals surface area contributed by atoms with Gasteiger partial charge in [-0.25, -0.2) is 10.2 Å². The molecular weight excluding hydrogens is 222 g/mol. The number of esters is 1. The summed E-state index contributed by atoms with van der Waals surface area (Å²) in [4.78, 5) is 22.6. The molecule has 17 heavy (non-hydrogen) atoms. The van der Waals surface area contributed by atoms with Gasteiger partial charge in [-0.15, -0.1) is 0 Å². The summed E-state index contributed by atoms with van der Waals surface area (Å²) in [7, 11) is 0. The molecule has 1 atom stereocenters. The first-order valence-corrected chi connectivity index (χ1v) is 5.86. The van der Waals surface area contributed by atoms with Crippen LogP contribution in [0.1, 0.15) is 39.5 Å². The largest absolute Gasteiger partial charge is 0.465 e. The monoisotopic (exact) mass is 241 g/mol. The third-order valence-corrected chi connectivity index (χ3v) is 3.14. The Kier molecular flexibility index (Phi) is 4.48. The number of nitrogens with zero attached hydrogens (tertiary/aromatic N) is 1.